The molecule has 0 spiro atoms. The van der Waals surface area contributed by atoms with E-state index in [0.717, 1.165) is 38.8 Å². The van der Waals surface area contributed by atoms with Gasteiger partial charge in [0, 0.05) is 18.6 Å². The van der Waals surface area contributed by atoms with Crippen molar-refractivity contribution in [2.24, 2.45) is 11.8 Å². The first-order valence-electron chi connectivity index (χ1n) is 8.05. The monoisotopic (exact) mass is 268 g/mol. The third-order valence-corrected chi connectivity index (χ3v) is 4.31. The summed E-state index contributed by atoms with van der Waals surface area (Å²) in [5.41, 5.74) is 0. The van der Waals surface area contributed by atoms with Crippen LogP contribution in [0, 0.1) is 11.8 Å². The Morgan fingerprint density at radius 3 is 2.42 bits per heavy atom. The first kappa shape index (κ1) is 16.5. The fraction of sp³-hybridized carbons (Fsp3) is 0.938. The van der Waals surface area contributed by atoms with Gasteiger partial charge in [-0.25, -0.2) is 0 Å². The minimum absolute atomic E-state index is 0.174. The van der Waals surface area contributed by atoms with Crippen LogP contribution in [-0.2, 0) is 4.79 Å². The van der Waals surface area contributed by atoms with Crippen molar-refractivity contribution in [2.45, 2.75) is 72.4 Å². The van der Waals surface area contributed by atoms with Gasteiger partial charge in [-0.1, -0.05) is 27.7 Å². The van der Waals surface area contributed by atoms with Crippen LogP contribution in [0.2, 0.25) is 0 Å². The molecule has 1 N–H and O–H groups in total. The molecule has 0 aromatic carbocycles. The molecule has 0 saturated carbocycles. The Bertz CT molecular complexity index is 274. The number of carbonyl (C=O) groups excluding carboxylic acids is 1. The Hall–Kier alpha value is -0.570. The molecule has 0 aromatic rings. The SMILES string of the molecule is CCC(CC)N(CC(C)C)C(=O)C1CCCNC1C. The van der Waals surface area contributed by atoms with Gasteiger partial charge < -0.3 is 10.2 Å². The Balaban J connectivity index is 2.79. The van der Waals surface area contributed by atoms with Crippen LogP contribution in [0.4, 0.5) is 0 Å². The maximum Gasteiger partial charge on any atom is 0.227 e. The van der Waals surface area contributed by atoms with Gasteiger partial charge in [0.05, 0.1) is 5.92 Å². The lowest BCUT2D eigenvalue weighted by atomic mass is 9.89. The highest BCUT2D eigenvalue weighted by molar-refractivity contribution is 5.80. The van der Waals surface area contributed by atoms with Gasteiger partial charge >= 0.3 is 0 Å². The number of nitrogens with one attached hydrogen (secondary N) is 1. The van der Waals surface area contributed by atoms with Crippen molar-refractivity contribution in [3.63, 3.8) is 0 Å². The number of amides is 1. The predicted molar refractivity (Wildman–Crippen MR) is 81.1 cm³/mol. The van der Waals surface area contributed by atoms with Crippen molar-refractivity contribution in [3.05, 3.63) is 0 Å². The van der Waals surface area contributed by atoms with Crippen LogP contribution in [0.25, 0.3) is 0 Å². The zero-order valence-electron chi connectivity index (χ0n) is 13.4. The minimum Gasteiger partial charge on any atom is -0.339 e. The second kappa shape index (κ2) is 7.88. The van der Waals surface area contributed by atoms with Crippen molar-refractivity contribution in [1.82, 2.24) is 10.2 Å². The summed E-state index contributed by atoms with van der Waals surface area (Å²) < 4.78 is 0. The maximum atomic E-state index is 12.9. The number of carbonyl (C=O) groups is 1. The van der Waals surface area contributed by atoms with Crippen molar-refractivity contribution in [2.75, 3.05) is 13.1 Å². The Morgan fingerprint density at radius 2 is 1.95 bits per heavy atom. The molecule has 1 saturated heterocycles. The molecule has 2 atom stereocenters. The molecule has 2 unspecified atom stereocenters. The van der Waals surface area contributed by atoms with Crippen LogP contribution < -0.4 is 5.32 Å². The van der Waals surface area contributed by atoms with Crippen molar-refractivity contribution >= 4 is 5.91 Å². The summed E-state index contributed by atoms with van der Waals surface area (Å²) in [5, 5.41) is 3.45. The maximum absolute atomic E-state index is 12.9. The van der Waals surface area contributed by atoms with E-state index in [9.17, 15) is 4.79 Å². The van der Waals surface area contributed by atoms with E-state index in [-0.39, 0.29) is 5.92 Å². The Kier molecular flexibility index (Phi) is 6.84. The van der Waals surface area contributed by atoms with Gasteiger partial charge in [-0.05, 0) is 45.1 Å². The van der Waals surface area contributed by atoms with Gasteiger partial charge in [0.25, 0.3) is 0 Å². The summed E-state index contributed by atoms with van der Waals surface area (Å²) in [6, 6.07) is 0.731. The van der Waals surface area contributed by atoms with Crippen LogP contribution in [0.3, 0.4) is 0 Å². The highest BCUT2D eigenvalue weighted by atomic mass is 16.2. The number of hydrogen-bond acceptors (Lipinski definition) is 2. The molecule has 1 rings (SSSR count). The van der Waals surface area contributed by atoms with Crippen molar-refractivity contribution in [1.29, 1.82) is 0 Å². The molecular formula is C16H32N2O. The second-order valence-corrected chi connectivity index (χ2v) is 6.35. The first-order chi connectivity index (χ1) is 9.01. The molecule has 0 bridgehead atoms. The standard InChI is InChI=1S/C16H32N2O/c1-6-14(7-2)18(11-12(3)4)16(19)15-9-8-10-17-13(15)5/h12-15,17H,6-11H2,1-5H3. The number of piperidine rings is 1. The highest BCUT2D eigenvalue weighted by Gasteiger charge is 2.33. The molecule has 1 heterocycles. The van der Waals surface area contributed by atoms with Crippen molar-refractivity contribution < 1.29 is 4.79 Å². The quantitative estimate of drug-likeness (QED) is 0.803. The van der Waals surface area contributed by atoms with Crippen LogP contribution in [0.5, 0.6) is 0 Å². The molecule has 0 aliphatic carbocycles. The lowest BCUT2D eigenvalue weighted by Crippen LogP contribution is -2.51. The van der Waals surface area contributed by atoms with Gasteiger partial charge in [-0.15, -0.1) is 0 Å². The molecule has 112 valence electrons. The minimum atomic E-state index is 0.174. The van der Waals surface area contributed by atoms with E-state index in [2.05, 4.69) is 44.8 Å². The van der Waals surface area contributed by atoms with E-state index in [0.29, 0.717) is 23.9 Å². The largest absolute Gasteiger partial charge is 0.339 e. The zero-order valence-corrected chi connectivity index (χ0v) is 13.4. The molecule has 1 aliphatic rings. The number of hydrogen-bond donors (Lipinski definition) is 1. The van der Waals surface area contributed by atoms with Gasteiger partial charge in [0.2, 0.25) is 5.91 Å². The molecule has 1 aliphatic heterocycles. The van der Waals surface area contributed by atoms with E-state index in [1.165, 1.54) is 0 Å². The first-order valence-corrected chi connectivity index (χ1v) is 8.05. The summed E-state index contributed by atoms with van der Waals surface area (Å²) in [6.07, 6.45) is 4.29. The second-order valence-electron chi connectivity index (χ2n) is 6.35. The van der Waals surface area contributed by atoms with E-state index in [4.69, 9.17) is 0 Å². The average molecular weight is 268 g/mol. The van der Waals surface area contributed by atoms with Gasteiger partial charge in [0.15, 0.2) is 0 Å². The summed E-state index contributed by atoms with van der Waals surface area (Å²) in [4.78, 5) is 15.1. The zero-order chi connectivity index (χ0) is 14.4. The summed E-state index contributed by atoms with van der Waals surface area (Å²) in [6.45, 7) is 12.9. The third-order valence-electron chi connectivity index (χ3n) is 4.31. The lowest BCUT2D eigenvalue weighted by molar-refractivity contribution is -0.140. The van der Waals surface area contributed by atoms with Gasteiger partial charge in [0.1, 0.15) is 0 Å². The van der Waals surface area contributed by atoms with E-state index in [1.54, 1.807) is 0 Å². The Morgan fingerprint density at radius 1 is 1.32 bits per heavy atom. The Labute approximate surface area is 119 Å². The van der Waals surface area contributed by atoms with Gasteiger partial charge in [-0.2, -0.15) is 0 Å². The molecule has 1 fully saturated rings. The van der Waals surface area contributed by atoms with E-state index in [1.807, 2.05) is 0 Å². The highest BCUT2D eigenvalue weighted by Crippen LogP contribution is 2.22. The van der Waals surface area contributed by atoms with Crippen LogP contribution >= 0.6 is 0 Å². The molecule has 3 nitrogen and oxygen atoms in total. The summed E-state index contributed by atoms with van der Waals surface area (Å²) in [7, 11) is 0. The summed E-state index contributed by atoms with van der Waals surface area (Å²) >= 11 is 0. The molecule has 1 amide bonds. The van der Waals surface area contributed by atoms with E-state index >= 15 is 0 Å². The summed E-state index contributed by atoms with van der Waals surface area (Å²) in [5.74, 6) is 1.09. The van der Waals surface area contributed by atoms with Crippen molar-refractivity contribution in [3.8, 4) is 0 Å². The number of nitrogens with zero attached hydrogens (tertiary/aromatic N) is 1. The smallest absolute Gasteiger partial charge is 0.227 e. The van der Waals surface area contributed by atoms with E-state index < -0.39 is 0 Å². The van der Waals surface area contributed by atoms with Crippen LogP contribution in [0.15, 0.2) is 0 Å². The fourth-order valence-corrected chi connectivity index (χ4v) is 3.14. The molecule has 0 aromatic heterocycles. The molecule has 3 heteroatoms. The predicted octanol–water partition coefficient (Wildman–Crippen LogP) is 3.05. The molecular weight excluding hydrogens is 236 g/mol. The average Bonchev–Trinajstić information content (AvgIpc) is 2.38. The normalized spacial score (nSPS) is 23.9. The molecule has 19 heavy (non-hydrogen) atoms. The number of rotatable bonds is 6. The van der Waals surface area contributed by atoms with Gasteiger partial charge in [-0.3, -0.25) is 4.79 Å². The lowest BCUT2D eigenvalue weighted by Gasteiger charge is -2.38. The van der Waals surface area contributed by atoms with Crippen LogP contribution in [0.1, 0.15) is 60.3 Å². The van der Waals surface area contributed by atoms with Crippen LogP contribution in [-0.4, -0.2) is 36.0 Å². The fourth-order valence-electron chi connectivity index (χ4n) is 3.14. The third kappa shape index (κ3) is 4.48. The molecule has 0 radical (unpaired) electrons. The topological polar surface area (TPSA) is 32.3 Å².